The first kappa shape index (κ1) is 18.2. The van der Waals surface area contributed by atoms with E-state index in [1.165, 1.54) is 0 Å². The molecule has 0 aliphatic carbocycles. The van der Waals surface area contributed by atoms with Crippen LogP contribution in [0.25, 0.3) is 0 Å². The number of ether oxygens (including phenoxy) is 2. The van der Waals surface area contributed by atoms with Crippen molar-refractivity contribution in [1.29, 1.82) is 0 Å². The van der Waals surface area contributed by atoms with Crippen LogP contribution in [-0.4, -0.2) is 33.1 Å². The molecule has 0 unspecified atom stereocenters. The molecular formula is C16H30O4Si. The van der Waals surface area contributed by atoms with Crippen LogP contribution in [0.1, 0.15) is 41.5 Å². The van der Waals surface area contributed by atoms with Crippen LogP contribution in [0, 0.1) is 5.92 Å². The molecule has 0 saturated carbocycles. The van der Waals surface area contributed by atoms with Gasteiger partial charge in [-0.2, -0.15) is 0 Å². The molecule has 0 bridgehead atoms. The van der Waals surface area contributed by atoms with Crippen molar-refractivity contribution >= 4 is 14.3 Å². The average molecular weight is 314 g/mol. The van der Waals surface area contributed by atoms with Gasteiger partial charge in [-0.05, 0) is 38.1 Å². The van der Waals surface area contributed by atoms with E-state index in [1.807, 2.05) is 19.9 Å². The Labute approximate surface area is 130 Å². The van der Waals surface area contributed by atoms with Crippen LogP contribution in [-0.2, 0) is 18.7 Å². The standard InChI is InChI=1S/C16H30O4Si/c1-9-18-15(17)14-12(3)13(10-11(2)19-14)20-21(7,8)16(4,5)6/h10-12,14H,9H2,1-8H3/t11-,12+,14-/m0/s1. The van der Waals surface area contributed by atoms with Crippen molar-refractivity contribution in [2.45, 2.75) is 71.9 Å². The lowest BCUT2D eigenvalue weighted by atomic mass is 9.98. The Morgan fingerprint density at radius 3 is 2.38 bits per heavy atom. The van der Waals surface area contributed by atoms with Gasteiger partial charge in [-0.15, -0.1) is 0 Å². The lowest BCUT2D eigenvalue weighted by Gasteiger charge is -2.41. The van der Waals surface area contributed by atoms with Gasteiger partial charge in [0, 0.05) is 5.92 Å². The minimum atomic E-state index is -1.92. The Morgan fingerprint density at radius 1 is 1.33 bits per heavy atom. The lowest BCUT2D eigenvalue weighted by molar-refractivity contribution is -0.163. The van der Waals surface area contributed by atoms with Crippen molar-refractivity contribution in [3.8, 4) is 0 Å². The average Bonchev–Trinajstić information content (AvgIpc) is 2.31. The zero-order valence-electron chi connectivity index (χ0n) is 14.6. The fourth-order valence-corrected chi connectivity index (χ4v) is 3.13. The maximum absolute atomic E-state index is 12.0. The van der Waals surface area contributed by atoms with Crippen LogP contribution < -0.4 is 0 Å². The second-order valence-electron chi connectivity index (χ2n) is 7.23. The van der Waals surface area contributed by atoms with E-state index >= 15 is 0 Å². The number of rotatable bonds is 4. The largest absolute Gasteiger partial charge is 0.546 e. The number of hydrogen-bond acceptors (Lipinski definition) is 4. The topological polar surface area (TPSA) is 44.8 Å². The van der Waals surface area contributed by atoms with E-state index in [0.717, 1.165) is 5.76 Å². The second-order valence-corrected chi connectivity index (χ2v) is 12.0. The summed E-state index contributed by atoms with van der Waals surface area (Å²) >= 11 is 0. The normalized spacial score (nSPS) is 27.0. The molecular weight excluding hydrogens is 284 g/mol. The van der Waals surface area contributed by atoms with Gasteiger partial charge in [0.05, 0.1) is 18.5 Å². The zero-order chi connectivity index (χ0) is 16.4. The first-order valence-electron chi connectivity index (χ1n) is 7.72. The molecule has 0 fully saturated rings. The van der Waals surface area contributed by atoms with Gasteiger partial charge in [-0.3, -0.25) is 0 Å². The molecule has 1 rings (SSSR count). The van der Waals surface area contributed by atoms with Crippen LogP contribution in [0.4, 0.5) is 0 Å². The van der Waals surface area contributed by atoms with Gasteiger partial charge in [0.1, 0.15) is 0 Å². The van der Waals surface area contributed by atoms with Crippen LogP contribution >= 0.6 is 0 Å². The van der Waals surface area contributed by atoms with Gasteiger partial charge >= 0.3 is 5.97 Å². The van der Waals surface area contributed by atoms with Crippen LogP contribution in [0.5, 0.6) is 0 Å². The van der Waals surface area contributed by atoms with Crippen molar-refractivity contribution in [2.75, 3.05) is 6.61 Å². The number of esters is 1. The van der Waals surface area contributed by atoms with Crippen molar-refractivity contribution in [2.24, 2.45) is 5.92 Å². The quantitative estimate of drug-likeness (QED) is 0.583. The second kappa shape index (κ2) is 6.52. The molecule has 4 nitrogen and oxygen atoms in total. The summed E-state index contributed by atoms with van der Waals surface area (Å²) in [7, 11) is -1.92. The van der Waals surface area contributed by atoms with Crippen molar-refractivity contribution in [3.63, 3.8) is 0 Å². The molecule has 1 aliphatic rings. The van der Waals surface area contributed by atoms with E-state index in [-0.39, 0.29) is 23.0 Å². The first-order valence-corrected chi connectivity index (χ1v) is 10.6. The molecule has 1 heterocycles. The highest BCUT2D eigenvalue weighted by atomic mass is 28.4. The Bertz CT molecular complexity index is 409. The van der Waals surface area contributed by atoms with Gasteiger partial charge in [-0.1, -0.05) is 27.7 Å². The fourth-order valence-electron chi connectivity index (χ4n) is 1.98. The van der Waals surface area contributed by atoms with Crippen molar-refractivity contribution < 1.29 is 18.7 Å². The Kier molecular flexibility index (Phi) is 5.67. The number of hydrogen-bond donors (Lipinski definition) is 0. The number of carbonyl (C=O) groups is 1. The highest BCUT2D eigenvalue weighted by Crippen LogP contribution is 2.40. The molecule has 0 N–H and O–H groups in total. The maximum Gasteiger partial charge on any atom is 0.336 e. The molecule has 0 saturated heterocycles. The molecule has 122 valence electrons. The van der Waals surface area contributed by atoms with Gasteiger partial charge in [0.2, 0.25) is 8.32 Å². The van der Waals surface area contributed by atoms with E-state index in [0.29, 0.717) is 6.61 Å². The van der Waals surface area contributed by atoms with Gasteiger partial charge < -0.3 is 13.9 Å². The summed E-state index contributed by atoms with van der Waals surface area (Å²) in [5.74, 6) is 0.453. The third-order valence-corrected chi connectivity index (χ3v) is 8.72. The first-order chi connectivity index (χ1) is 9.49. The highest BCUT2D eigenvalue weighted by Gasteiger charge is 2.43. The van der Waals surface area contributed by atoms with Gasteiger partial charge in [0.25, 0.3) is 0 Å². The molecule has 1 aliphatic heterocycles. The molecule has 0 aromatic heterocycles. The monoisotopic (exact) mass is 314 g/mol. The van der Waals surface area contributed by atoms with Crippen LogP contribution in [0.15, 0.2) is 11.8 Å². The minimum absolute atomic E-state index is 0.116. The zero-order valence-corrected chi connectivity index (χ0v) is 15.6. The van der Waals surface area contributed by atoms with E-state index in [9.17, 15) is 4.79 Å². The molecule has 0 radical (unpaired) electrons. The van der Waals surface area contributed by atoms with Crippen LogP contribution in [0.3, 0.4) is 0 Å². The summed E-state index contributed by atoms with van der Waals surface area (Å²) in [5, 5.41) is 0.120. The molecule has 21 heavy (non-hydrogen) atoms. The van der Waals surface area contributed by atoms with E-state index in [1.54, 1.807) is 6.92 Å². The van der Waals surface area contributed by atoms with Crippen LogP contribution in [0.2, 0.25) is 18.1 Å². The molecule has 0 aromatic carbocycles. The summed E-state index contributed by atoms with van der Waals surface area (Å²) < 4.78 is 17.2. The summed E-state index contributed by atoms with van der Waals surface area (Å²) in [6.07, 6.45) is 1.26. The highest BCUT2D eigenvalue weighted by molar-refractivity contribution is 6.74. The Hall–Kier alpha value is -0.813. The molecule has 3 atom stereocenters. The lowest BCUT2D eigenvalue weighted by Crippen LogP contribution is -2.45. The SMILES string of the molecule is CCOC(=O)[C@H]1O[C@@H](C)C=C(O[Si](C)(C)C(C)(C)C)[C@H]1C. The van der Waals surface area contributed by atoms with E-state index in [4.69, 9.17) is 13.9 Å². The maximum atomic E-state index is 12.0. The minimum Gasteiger partial charge on any atom is -0.546 e. The molecule has 5 heteroatoms. The van der Waals surface area contributed by atoms with E-state index in [2.05, 4.69) is 33.9 Å². The summed E-state index contributed by atoms with van der Waals surface area (Å²) in [5.41, 5.74) is 0. The Balaban J connectivity index is 2.94. The predicted molar refractivity (Wildman–Crippen MR) is 86.5 cm³/mol. The summed E-state index contributed by atoms with van der Waals surface area (Å²) in [4.78, 5) is 12.0. The third-order valence-electron chi connectivity index (χ3n) is 4.36. The van der Waals surface area contributed by atoms with E-state index < -0.39 is 14.4 Å². The molecule has 0 spiro atoms. The number of carbonyl (C=O) groups excluding carboxylic acids is 1. The summed E-state index contributed by atoms with van der Waals surface area (Å²) in [6.45, 7) is 17.1. The third kappa shape index (κ3) is 4.33. The fraction of sp³-hybridized carbons (Fsp3) is 0.812. The molecule has 0 amide bonds. The van der Waals surface area contributed by atoms with Crippen molar-refractivity contribution in [1.82, 2.24) is 0 Å². The predicted octanol–water partition coefficient (Wildman–Crippen LogP) is 3.88. The smallest absolute Gasteiger partial charge is 0.336 e. The Morgan fingerprint density at radius 2 is 1.90 bits per heavy atom. The van der Waals surface area contributed by atoms with Crippen molar-refractivity contribution in [3.05, 3.63) is 11.8 Å². The molecule has 0 aromatic rings. The van der Waals surface area contributed by atoms with Gasteiger partial charge in [-0.25, -0.2) is 4.79 Å². The summed E-state index contributed by atoms with van der Waals surface area (Å²) in [6, 6.07) is 0. The van der Waals surface area contributed by atoms with Gasteiger partial charge in [0.15, 0.2) is 6.10 Å².